The van der Waals surface area contributed by atoms with E-state index in [1.807, 2.05) is 40.7 Å². The van der Waals surface area contributed by atoms with E-state index in [-0.39, 0.29) is 11.2 Å². The molecule has 0 radical (unpaired) electrons. The molecular formula is C14H20BClO3. The van der Waals surface area contributed by atoms with Crippen LogP contribution in [0.4, 0.5) is 0 Å². The Kier molecular flexibility index (Phi) is 3.63. The van der Waals surface area contributed by atoms with Gasteiger partial charge < -0.3 is 14.0 Å². The Balaban J connectivity index is 2.42. The van der Waals surface area contributed by atoms with Crippen LogP contribution < -0.4 is 10.2 Å². The second-order valence-electron chi connectivity index (χ2n) is 5.93. The molecule has 1 saturated heterocycles. The largest absolute Gasteiger partial charge is 0.498 e. The molecule has 0 aromatic heterocycles. The summed E-state index contributed by atoms with van der Waals surface area (Å²) in [5.41, 5.74) is 1.13. The Morgan fingerprint density at radius 3 is 2.11 bits per heavy atom. The molecule has 104 valence electrons. The van der Waals surface area contributed by atoms with Crippen molar-refractivity contribution in [1.82, 2.24) is 0 Å². The summed E-state index contributed by atoms with van der Waals surface area (Å²) in [6, 6.07) is 3.76. The van der Waals surface area contributed by atoms with Gasteiger partial charge in [0.2, 0.25) is 0 Å². The van der Waals surface area contributed by atoms with Crippen molar-refractivity contribution in [3.8, 4) is 5.75 Å². The lowest BCUT2D eigenvalue weighted by atomic mass is 9.77. The maximum atomic E-state index is 6.12. The zero-order chi connectivity index (χ0) is 14.4. The molecule has 0 bridgehead atoms. The van der Waals surface area contributed by atoms with Gasteiger partial charge in [0, 0.05) is 10.5 Å². The van der Waals surface area contributed by atoms with E-state index in [4.69, 9.17) is 25.6 Å². The molecule has 1 heterocycles. The molecule has 1 fully saturated rings. The summed E-state index contributed by atoms with van der Waals surface area (Å²) < 4.78 is 17.5. The topological polar surface area (TPSA) is 27.7 Å². The molecule has 0 aliphatic carbocycles. The minimum absolute atomic E-state index is 0.365. The summed E-state index contributed by atoms with van der Waals surface area (Å²) in [4.78, 5) is 0. The van der Waals surface area contributed by atoms with Gasteiger partial charge in [-0.05, 0) is 46.2 Å². The van der Waals surface area contributed by atoms with Gasteiger partial charge in [-0.1, -0.05) is 17.7 Å². The van der Waals surface area contributed by atoms with Crippen molar-refractivity contribution in [2.45, 2.75) is 45.8 Å². The zero-order valence-corrected chi connectivity index (χ0v) is 13.1. The van der Waals surface area contributed by atoms with Crippen molar-refractivity contribution in [3.63, 3.8) is 0 Å². The van der Waals surface area contributed by atoms with Crippen LogP contribution in [0.15, 0.2) is 12.1 Å². The first kappa shape index (κ1) is 14.7. The van der Waals surface area contributed by atoms with E-state index in [0.717, 1.165) is 11.0 Å². The minimum atomic E-state index is -0.434. The Morgan fingerprint density at radius 1 is 1.11 bits per heavy atom. The van der Waals surface area contributed by atoms with Crippen LogP contribution in [-0.2, 0) is 9.31 Å². The minimum Gasteiger partial charge on any atom is -0.497 e. The van der Waals surface area contributed by atoms with Crippen LogP contribution in [0.25, 0.3) is 0 Å². The van der Waals surface area contributed by atoms with Gasteiger partial charge >= 0.3 is 7.12 Å². The number of methoxy groups -OCH3 is 1. The van der Waals surface area contributed by atoms with Crippen LogP contribution in [0.2, 0.25) is 5.02 Å². The van der Waals surface area contributed by atoms with E-state index in [2.05, 4.69) is 0 Å². The lowest BCUT2D eigenvalue weighted by Gasteiger charge is -2.32. The number of halogens is 1. The van der Waals surface area contributed by atoms with Gasteiger partial charge in [-0.2, -0.15) is 0 Å². The van der Waals surface area contributed by atoms with Crippen LogP contribution in [0.5, 0.6) is 5.75 Å². The molecule has 0 saturated carbocycles. The Morgan fingerprint density at radius 2 is 1.63 bits per heavy atom. The summed E-state index contributed by atoms with van der Waals surface area (Å²) in [5, 5.41) is 0.678. The molecule has 0 atom stereocenters. The standard InChI is InChI=1S/C14H20BClO3/c1-9-7-10(12(17-6)8-11(9)16)15-18-13(2,3)14(4,5)19-15/h7-8H,1-6H3. The second kappa shape index (κ2) is 4.69. The second-order valence-corrected chi connectivity index (χ2v) is 6.34. The molecule has 5 heteroatoms. The number of ether oxygens (including phenoxy) is 1. The Bertz CT molecular complexity index is 484. The predicted octanol–water partition coefficient (Wildman–Crippen LogP) is 2.96. The molecule has 1 aromatic carbocycles. The Hall–Kier alpha value is -0.705. The summed E-state index contributed by atoms with van der Waals surface area (Å²) in [5.74, 6) is 0.689. The summed E-state index contributed by atoms with van der Waals surface area (Å²) in [6.45, 7) is 10.1. The van der Waals surface area contributed by atoms with Gasteiger partial charge in [-0.15, -0.1) is 0 Å². The van der Waals surface area contributed by atoms with Crippen LogP contribution in [0, 0.1) is 6.92 Å². The SMILES string of the molecule is COc1cc(Cl)c(C)cc1B1OC(C)(C)C(C)(C)O1. The zero-order valence-electron chi connectivity index (χ0n) is 12.3. The molecule has 1 aliphatic rings. The molecule has 19 heavy (non-hydrogen) atoms. The number of rotatable bonds is 2. The first-order chi connectivity index (χ1) is 8.68. The van der Waals surface area contributed by atoms with E-state index in [9.17, 15) is 0 Å². The molecule has 1 aliphatic heterocycles. The molecule has 0 unspecified atom stereocenters. The highest BCUT2D eigenvalue weighted by Crippen LogP contribution is 2.37. The molecule has 0 spiro atoms. The highest BCUT2D eigenvalue weighted by atomic mass is 35.5. The monoisotopic (exact) mass is 282 g/mol. The number of hydrogen-bond acceptors (Lipinski definition) is 3. The van der Waals surface area contributed by atoms with Crippen LogP contribution in [-0.4, -0.2) is 25.4 Å². The van der Waals surface area contributed by atoms with E-state index in [1.54, 1.807) is 13.2 Å². The average Bonchev–Trinajstić information content (AvgIpc) is 2.51. The fraction of sp³-hybridized carbons (Fsp3) is 0.571. The van der Waals surface area contributed by atoms with Gasteiger partial charge in [0.1, 0.15) is 5.75 Å². The maximum absolute atomic E-state index is 6.12. The van der Waals surface area contributed by atoms with Gasteiger partial charge in [0.25, 0.3) is 0 Å². The lowest BCUT2D eigenvalue weighted by Crippen LogP contribution is -2.41. The Labute approximate surface area is 120 Å². The normalized spacial score (nSPS) is 20.7. The molecule has 0 amide bonds. The molecule has 1 aromatic rings. The highest BCUT2D eigenvalue weighted by molar-refractivity contribution is 6.63. The van der Waals surface area contributed by atoms with Crippen molar-refractivity contribution in [1.29, 1.82) is 0 Å². The van der Waals surface area contributed by atoms with Gasteiger partial charge in [0.15, 0.2) is 0 Å². The molecular weight excluding hydrogens is 262 g/mol. The summed E-state index contributed by atoms with van der Waals surface area (Å²) >= 11 is 6.12. The first-order valence-electron chi connectivity index (χ1n) is 6.37. The third-order valence-electron chi connectivity index (χ3n) is 4.02. The predicted molar refractivity (Wildman–Crippen MR) is 78.5 cm³/mol. The maximum Gasteiger partial charge on any atom is 0.498 e. The molecule has 3 nitrogen and oxygen atoms in total. The van der Waals surface area contributed by atoms with Crippen molar-refractivity contribution in [2.75, 3.05) is 7.11 Å². The molecule has 0 N–H and O–H groups in total. The van der Waals surface area contributed by atoms with Crippen molar-refractivity contribution in [3.05, 3.63) is 22.7 Å². The molecule has 2 rings (SSSR count). The highest BCUT2D eigenvalue weighted by Gasteiger charge is 2.52. The first-order valence-corrected chi connectivity index (χ1v) is 6.75. The van der Waals surface area contributed by atoms with E-state index >= 15 is 0 Å². The van der Waals surface area contributed by atoms with Crippen LogP contribution >= 0.6 is 11.6 Å². The van der Waals surface area contributed by atoms with E-state index in [1.165, 1.54) is 0 Å². The van der Waals surface area contributed by atoms with Crippen LogP contribution in [0.3, 0.4) is 0 Å². The summed E-state index contributed by atoms with van der Waals surface area (Å²) in [6.07, 6.45) is 0. The number of aryl methyl sites for hydroxylation is 1. The average molecular weight is 283 g/mol. The van der Waals surface area contributed by atoms with E-state index in [0.29, 0.717) is 10.8 Å². The fourth-order valence-electron chi connectivity index (χ4n) is 2.02. The van der Waals surface area contributed by atoms with Crippen LogP contribution in [0.1, 0.15) is 33.3 Å². The third-order valence-corrected chi connectivity index (χ3v) is 4.43. The van der Waals surface area contributed by atoms with Crippen molar-refractivity contribution >= 4 is 24.2 Å². The quantitative estimate of drug-likeness (QED) is 0.781. The van der Waals surface area contributed by atoms with Crippen molar-refractivity contribution in [2.24, 2.45) is 0 Å². The third kappa shape index (κ3) is 2.49. The van der Waals surface area contributed by atoms with Gasteiger partial charge in [0.05, 0.1) is 18.3 Å². The lowest BCUT2D eigenvalue weighted by molar-refractivity contribution is 0.00578. The van der Waals surface area contributed by atoms with Gasteiger partial charge in [-0.3, -0.25) is 0 Å². The van der Waals surface area contributed by atoms with E-state index < -0.39 is 7.12 Å². The van der Waals surface area contributed by atoms with Gasteiger partial charge in [-0.25, -0.2) is 0 Å². The van der Waals surface area contributed by atoms with Crippen molar-refractivity contribution < 1.29 is 14.0 Å². The smallest absolute Gasteiger partial charge is 0.497 e. The number of hydrogen-bond donors (Lipinski definition) is 0. The summed E-state index contributed by atoms with van der Waals surface area (Å²) in [7, 11) is 1.19. The number of benzene rings is 1. The fourth-order valence-corrected chi connectivity index (χ4v) is 2.17.